The number of carbonyl (C=O) groups is 1. The van der Waals surface area contributed by atoms with Gasteiger partial charge in [0, 0.05) is 4.90 Å². The lowest BCUT2D eigenvalue weighted by Crippen LogP contribution is -2.27. The molecule has 2 aromatic carbocycles. The molecule has 0 aliphatic heterocycles. The van der Waals surface area contributed by atoms with Crippen LogP contribution in [0, 0.1) is 0 Å². The van der Waals surface area contributed by atoms with Gasteiger partial charge >= 0.3 is 0 Å². The van der Waals surface area contributed by atoms with E-state index in [1.165, 1.54) is 0 Å². The Morgan fingerprint density at radius 1 is 1.11 bits per heavy atom. The molecule has 0 heterocycles. The second kappa shape index (κ2) is 6.41. The first-order valence-electron chi connectivity index (χ1n) is 5.97. The minimum absolute atomic E-state index is 0.201. The molecule has 98 valence electrons. The van der Waals surface area contributed by atoms with Crippen LogP contribution in [0.15, 0.2) is 59.5 Å². The average Bonchev–Trinajstić information content (AvgIpc) is 2.48. The Morgan fingerprint density at radius 3 is 2.42 bits per heavy atom. The number of benzene rings is 2. The van der Waals surface area contributed by atoms with E-state index in [-0.39, 0.29) is 5.91 Å². The molecule has 0 aromatic heterocycles. The lowest BCUT2D eigenvalue weighted by atomic mass is 10.1. The number of thioether (sulfide) groups is 1. The highest BCUT2D eigenvalue weighted by Crippen LogP contribution is 2.25. The zero-order valence-electron chi connectivity index (χ0n) is 10.7. The molecule has 0 saturated carbocycles. The fourth-order valence-electron chi connectivity index (χ4n) is 1.77. The Hall–Kier alpha value is -1.78. The minimum atomic E-state index is -0.656. The Morgan fingerprint density at radius 2 is 1.74 bits per heavy atom. The van der Waals surface area contributed by atoms with Gasteiger partial charge in [0.15, 0.2) is 0 Å². The SMILES string of the molecule is CSc1ccccc1NC(=O)C(N)c1ccccc1. The van der Waals surface area contributed by atoms with Crippen LogP contribution in [0.25, 0.3) is 0 Å². The van der Waals surface area contributed by atoms with Gasteiger partial charge in [-0.3, -0.25) is 4.79 Å². The van der Waals surface area contributed by atoms with Gasteiger partial charge < -0.3 is 11.1 Å². The zero-order chi connectivity index (χ0) is 13.7. The van der Waals surface area contributed by atoms with Crippen molar-refractivity contribution in [1.29, 1.82) is 0 Å². The van der Waals surface area contributed by atoms with Gasteiger partial charge in [-0.15, -0.1) is 11.8 Å². The van der Waals surface area contributed by atoms with Crippen LogP contribution in [-0.2, 0) is 4.79 Å². The summed E-state index contributed by atoms with van der Waals surface area (Å²) in [7, 11) is 0. The average molecular weight is 272 g/mol. The smallest absolute Gasteiger partial charge is 0.245 e. The summed E-state index contributed by atoms with van der Waals surface area (Å²) in [6, 6.07) is 16.4. The highest BCUT2D eigenvalue weighted by atomic mass is 32.2. The fourth-order valence-corrected chi connectivity index (χ4v) is 2.32. The maximum Gasteiger partial charge on any atom is 0.245 e. The molecule has 0 radical (unpaired) electrons. The van der Waals surface area contributed by atoms with E-state index in [1.54, 1.807) is 11.8 Å². The molecule has 0 saturated heterocycles. The highest BCUT2D eigenvalue weighted by molar-refractivity contribution is 7.98. The number of hydrogen-bond donors (Lipinski definition) is 2. The van der Waals surface area contributed by atoms with Crippen molar-refractivity contribution in [3.63, 3.8) is 0 Å². The third-order valence-corrected chi connectivity index (χ3v) is 3.60. The van der Waals surface area contributed by atoms with Crippen LogP contribution in [0.1, 0.15) is 11.6 Å². The van der Waals surface area contributed by atoms with Crippen molar-refractivity contribution in [2.45, 2.75) is 10.9 Å². The summed E-state index contributed by atoms with van der Waals surface area (Å²) in [6.07, 6.45) is 1.97. The van der Waals surface area contributed by atoms with Gasteiger partial charge in [-0.1, -0.05) is 42.5 Å². The van der Waals surface area contributed by atoms with Gasteiger partial charge in [-0.25, -0.2) is 0 Å². The first-order valence-corrected chi connectivity index (χ1v) is 7.19. The monoisotopic (exact) mass is 272 g/mol. The molecule has 1 amide bonds. The van der Waals surface area contributed by atoms with E-state index >= 15 is 0 Å². The first-order chi connectivity index (χ1) is 9.22. The van der Waals surface area contributed by atoms with Gasteiger partial charge in [-0.2, -0.15) is 0 Å². The van der Waals surface area contributed by atoms with Crippen LogP contribution in [0.4, 0.5) is 5.69 Å². The summed E-state index contributed by atoms with van der Waals surface area (Å²) in [6.45, 7) is 0. The molecule has 0 spiro atoms. The molecule has 19 heavy (non-hydrogen) atoms. The van der Waals surface area contributed by atoms with Crippen LogP contribution in [0.3, 0.4) is 0 Å². The Labute approximate surface area is 117 Å². The van der Waals surface area contributed by atoms with Crippen LogP contribution in [-0.4, -0.2) is 12.2 Å². The molecule has 0 aliphatic rings. The van der Waals surface area contributed by atoms with Crippen molar-refractivity contribution in [2.75, 3.05) is 11.6 Å². The molecule has 2 aromatic rings. The van der Waals surface area contributed by atoms with Crippen LogP contribution in [0.2, 0.25) is 0 Å². The van der Waals surface area contributed by atoms with Gasteiger partial charge in [0.05, 0.1) is 5.69 Å². The van der Waals surface area contributed by atoms with E-state index in [0.717, 1.165) is 16.1 Å². The Kier molecular flexibility index (Phi) is 4.60. The standard InChI is InChI=1S/C15H16N2OS/c1-19-13-10-6-5-9-12(13)17-15(18)14(16)11-7-3-2-4-8-11/h2-10,14H,16H2,1H3,(H,17,18). The van der Waals surface area contributed by atoms with E-state index in [4.69, 9.17) is 5.73 Å². The van der Waals surface area contributed by atoms with E-state index in [9.17, 15) is 4.79 Å². The second-order valence-electron chi connectivity index (χ2n) is 4.08. The number of carbonyl (C=O) groups excluding carboxylic acids is 1. The third-order valence-electron chi connectivity index (χ3n) is 2.81. The highest BCUT2D eigenvalue weighted by Gasteiger charge is 2.16. The van der Waals surface area contributed by atoms with Crippen molar-refractivity contribution >= 4 is 23.4 Å². The van der Waals surface area contributed by atoms with Crippen molar-refractivity contribution in [3.05, 3.63) is 60.2 Å². The molecule has 0 bridgehead atoms. The molecule has 0 aliphatic carbocycles. The predicted molar refractivity (Wildman–Crippen MR) is 80.2 cm³/mol. The topological polar surface area (TPSA) is 55.1 Å². The van der Waals surface area contributed by atoms with Gasteiger partial charge in [-0.05, 0) is 24.0 Å². The van der Waals surface area contributed by atoms with Crippen molar-refractivity contribution in [2.24, 2.45) is 5.73 Å². The van der Waals surface area contributed by atoms with Crippen molar-refractivity contribution < 1.29 is 4.79 Å². The molecule has 1 atom stereocenters. The van der Waals surface area contributed by atoms with E-state index in [2.05, 4.69) is 5.32 Å². The normalized spacial score (nSPS) is 11.9. The molecule has 2 rings (SSSR count). The van der Waals surface area contributed by atoms with Crippen LogP contribution < -0.4 is 11.1 Å². The van der Waals surface area contributed by atoms with Gasteiger partial charge in [0.1, 0.15) is 6.04 Å². The largest absolute Gasteiger partial charge is 0.323 e. The zero-order valence-corrected chi connectivity index (χ0v) is 11.5. The fraction of sp³-hybridized carbons (Fsp3) is 0.133. The molecule has 3 nitrogen and oxygen atoms in total. The number of nitrogens with two attached hydrogens (primary N) is 1. The van der Waals surface area contributed by atoms with E-state index in [0.29, 0.717) is 0 Å². The number of para-hydroxylation sites is 1. The maximum absolute atomic E-state index is 12.1. The molecule has 4 heteroatoms. The van der Waals surface area contributed by atoms with Crippen molar-refractivity contribution in [1.82, 2.24) is 0 Å². The summed E-state index contributed by atoms with van der Waals surface area (Å²) in [5, 5.41) is 2.87. The molecule has 0 fully saturated rings. The number of hydrogen-bond acceptors (Lipinski definition) is 3. The van der Waals surface area contributed by atoms with Gasteiger partial charge in [0.25, 0.3) is 0 Å². The van der Waals surface area contributed by atoms with Gasteiger partial charge in [0.2, 0.25) is 5.91 Å². The summed E-state index contributed by atoms with van der Waals surface area (Å²) >= 11 is 1.59. The van der Waals surface area contributed by atoms with E-state index < -0.39 is 6.04 Å². The van der Waals surface area contributed by atoms with E-state index in [1.807, 2.05) is 60.9 Å². The first kappa shape index (κ1) is 13.6. The molecule has 1 unspecified atom stereocenters. The number of anilines is 1. The minimum Gasteiger partial charge on any atom is -0.323 e. The molecular formula is C15H16N2OS. The lowest BCUT2D eigenvalue weighted by molar-refractivity contribution is -0.117. The molecule has 3 N–H and O–H groups in total. The van der Waals surface area contributed by atoms with Crippen LogP contribution in [0.5, 0.6) is 0 Å². The third kappa shape index (κ3) is 3.36. The number of nitrogens with one attached hydrogen (secondary N) is 1. The Bertz CT molecular complexity index is 557. The predicted octanol–water partition coefficient (Wildman–Crippen LogP) is 3.05. The summed E-state index contributed by atoms with van der Waals surface area (Å²) < 4.78 is 0. The summed E-state index contributed by atoms with van der Waals surface area (Å²) in [5.41, 5.74) is 7.56. The summed E-state index contributed by atoms with van der Waals surface area (Å²) in [4.78, 5) is 13.2. The number of rotatable bonds is 4. The van der Waals surface area contributed by atoms with Crippen molar-refractivity contribution in [3.8, 4) is 0 Å². The van der Waals surface area contributed by atoms with Crippen LogP contribution >= 0.6 is 11.8 Å². The quantitative estimate of drug-likeness (QED) is 0.841. The number of amides is 1. The summed E-state index contributed by atoms with van der Waals surface area (Å²) in [5.74, 6) is -0.201. The second-order valence-corrected chi connectivity index (χ2v) is 4.93. The Balaban J connectivity index is 2.13. The molecular weight excluding hydrogens is 256 g/mol. The lowest BCUT2D eigenvalue weighted by Gasteiger charge is -2.14. The maximum atomic E-state index is 12.1.